The molecule has 6 heteroatoms. The normalized spacial score (nSPS) is 11.4. The van der Waals surface area contributed by atoms with E-state index < -0.39 is 0 Å². The largest absolute Gasteiger partial charge is 0.508 e. The average Bonchev–Trinajstić information content (AvgIpc) is 3.23. The van der Waals surface area contributed by atoms with Crippen molar-refractivity contribution >= 4 is 22.2 Å². The van der Waals surface area contributed by atoms with Crippen molar-refractivity contribution in [1.29, 1.82) is 0 Å². The summed E-state index contributed by atoms with van der Waals surface area (Å²) in [5.74, 6) is 1.31. The molecule has 0 saturated carbocycles. The molecule has 0 aliphatic carbocycles. The Morgan fingerprint density at radius 2 is 1.00 bits per heavy atom. The van der Waals surface area contributed by atoms with Crippen molar-refractivity contribution in [3.63, 3.8) is 0 Å². The van der Waals surface area contributed by atoms with Crippen molar-refractivity contribution < 1.29 is 19.0 Å². The van der Waals surface area contributed by atoms with Crippen LogP contribution < -0.4 is 0 Å². The van der Waals surface area contributed by atoms with Gasteiger partial charge in [0.1, 0.15) is 22.5 Å². The van der Waals surface area contributed by atoms with E-state index in [-0.39, 0.29) is 11.5 Å². The quantitative estimate of drug-likeness (QED) is 0.481. The molecule has 3 aromatic carbocycles. The van der Waals surface area contributed by atoms with Gasteiger partial charge in [-0.15, -0.1) is 0 Å². The van der Waals surface area contributed by atoms with Crippen molar-refractivity contribution in [2.75, 3.05) is 0 Å². The van der Waals surface area contributed by atoms with Gasteiger partial charge in [-0.25, -0.2) is 9.97 Å². The lowest BCUT2D eigenvalue weighted by Crippen LogP contribution is -1.76. The first kappa shape index (κ1) is 14.5. The monoisotopic (exact) mass is 344 g/mol. The zero-order chi connectivity index (χ0) is 17.7. The second kappa shape index (κ2) is 5.35. The number of rotatable bonds is 2. The van der Waals surface area contributed by atoms with Crippen LogP contribution in [-0.2, 0) is 0 Å². The van der Waals surface area contributed by atoms with Gasteiger partial charge in [0.15, 0.2) is 11.2 Å². The molecule has 0 amide bonds. The highest BCUT2D eigenvalue weighted by atomic mass is 16.4. The number of hydrogen-bond donors (Lipinski definition) is 2. The summed E-state index contributed by atoms with van der Waals surface area (Å²) in [6, 6.07) is 16.9. The van der Waals surface area contributed by atoms with Gasteiger partial charge in [-0.3, -0.25) is 0 Å². The van der Waals surface area contributed by atoms with Crippen LogP contribution in [0.4, 0.5) is 0 Å². The van der Waals surface area contributed by atoms with Gasteiger partial charge in [0.25, 0.3) is 0 Å². The smallest absolute Gasteiger partial charge is 0.227 e. The van der Waals surface area contributed by atoms with Crippen molar-refractivity contribution in [3.8, 4) is 34.4 Å². The van der Waals surface area contributed by atoms with Crippen LogP contribution in [0.2, 0.25) is 0 Å². The zero-order valence-electron chi connectivity index (χ0n) is 13.4. The van der Waals surface area contributed by atoms with E-state index in [9.17, 15) is 10.2 Å². The first-order valence-electron chi connectivity index (χ1n) is 7.96. The maximum absolute atomic E-state index is 9.39. The zero-order valence-corrected chi connectivity index (χ0v) is 13.4. The van der Waals surface area contributed by atoms with E-state index in [4.69, 9.17) is 8.83 Å². The first-order valence-corrected chi connectivity index (χ1v) is 7.96. The highest BCUT2D eigenvalue weighted by Crippen LogP contribution is 2.31. The molecule has 126 valence electrons. The second-order valence-corrected chi connectivity index (χ2v) is 5.92. The third kappa shape index (κ3) is 2.36. The molecule has 0 radical (unpaired) electrons. The summed E-state index contributed by atoms with van der Waals surface area (Å²) >= 11 is 0. The maximum atomic E-state index is 9.39. The fourth-order valence-electron chi connectivity index (χ4n) is 2.80. The fourth-order valence-corrected chi connectivity index (χ4v) is 2.80. The maximum Gasteiger partial charge on any atom is 0.227 e. The Bertz CT molecular complexity index is 1090. The summed E-state index contributed by atoms with van der Waals surface area (Å²) in [7, 11) is 0. The van der Waals surface area contributed by atoms with Crippen LogP contribution in [-0.4, -0.2) is 20.2 Å². The van der Waals surface area contributed by atoms with Gasteiger partial charge in [0.05, 0.1) is 0 Å². The minimum atomic E-state index is 0.188. The van der Waals surface area contributed by atoms with Crippen LogP contribution in [0.3, 0.4) is 0 Å². The Hall–Kier alpha value is -3.80. The van der Waals surface area contributed by atoms with Gasteiger partial charge in [-0.1, -0.05) is 0 Å². The standard InChI is InChI=1S/C20H12N2O4/c23-13-5-1-11(2-6-13)19-21-15-9-16-18(10-17(15)25-19)26-20(22-16)12-3-7-14(24)8-4-12/h1-10,23-24H. The van der Waals surface area contributed by atoms with Crippen molar-refractivity contribution in [1.82, 2.24) is 9.97 Å². The molecule has 26 heavy (non-hydrogen) atoms. The predicted octanol–water partition coefficient (Wildman–Crippen LogP) is 4.71. The third-order valence-corrected chi connectivity index (χ3v) is 4.13. The average molecular weight is 344 g/mol. The molecular weight excluding hydrogens is 332 g/mol. The van der Waals surface area contributed by atoms with Gasteiger partial charge in [-0.2, -0.15) is 0 Å². The number of phenols is 2. The molecular formula is C20H12N2O4. The molecule has 0 saturated heterocycles. The molecule has 0 spiro atoms. The number of benzene rings is 3. The minimum Gasteiger partial charge on any atom is -0.508 e. The highest BCUT2D eigenvalue weighted by Gasteiger charge is 2.14. The number of nitrogens with zero attached hydrogens (tertiary/aromatic N) is 2. The summed E-state index contributed by atoms with van der Waals surface area (Å²) in [6.45, 7) is 0. The van der Waals surface area contributed by atoms with Gasteiger partial charge >= 0.3 is 0 Å². The van der Waals surface area contributed by atoms with Crippen LogP contribution in [0.1, 0.15) is 0 Å². The summed E-state index contributed by atoms with van der Waals surface area (Å²) < 4.78 is 11.6. The summed E-state index contributed by atoms with van der Waals surface area (Å²) in [4.78, 5) is 8.99. The number of fused-ring (bicyclic) bond motifs is 2. The topological polar surface area (TPSA) is 92.5 Å². The van der Waals surface area contributed by atoms with E-state index >= 15 is 0 Å². The van der Waals surface area contributed by atoms with E-state index in [0.29, 0.717) is 34.0 Å². The lowest BCUT2D eigenvalue weighted by Gasteiger charge is -1.94. The fraction of sp³-hybridized carbons (Fsp3) is 0. The number of phenolic OH excluding ortho intramolecular Hbond substituents is 2. The van der Waals surface area contributed by atoms with Gasteiger partial charge < -0.3 is 19.0 Å². The second-order valence-electron chi connectivity index (χ2n) is 5.92. The summed E-state index contributed by atoms with van der Waals surface area (Å²) in [6.07, 6.45) is 0. The van der Waals surface area contributed by atoms with Gasteiger partial charge in [0.2, 0.25) is 11.8 Å². The molecule has 0 unspecified atom stereocenters. The molecule has 5 rings (SSSR count). The van der Waals surface area contributed by atoms with Crippen LogP contribution in [0.15, 0.2) is 69.5 Å². The van der Waals surface area contributed by atoms with E-state index in [0.717, 1.165) is 11.1 Å². The molecule has 2 heterocycles. The number of hydrogen-bond acceptors (Lipinski definition) is 6. The molecule has 0 aliphatic rings. The van der Waals surface area contributed by atoms with Crippen LogP contribution >= 0.6 is 0 Å². The minimum absolute atomic E-state index is 0.188. The van der Waals surface area contributed by atoms with Crippen LogP contribution in [0.25, 0.3) is 45.1 Å². The van der Waals surface area contributed by atoms with Crippen molar-refractivity contribution in [3.05, 3.63) is 60.7 Å². The summed E-state index contributed by atoms with van der Waals surface area (Å²) in [5.41, 5.74) is 4.07. The number of oxazole rings is 2. The SMILES string of the molecule is Oc1ccc(-c2nc3cc4nc(-c5ccc(O)cc5)oc4cc3o2)cc1. The van der Waals surface area contributed by atoms with Crippen molar-refractivity contribution in [2.24, 2.45) is 0 Å². The Labute approximate surface area is 147 Å². The van der Waals surface area contributed by atoms with Gasteiger partial charge in [0, 0.05) is 17.2 Å². The molecule has 2 aromatic heterocycles. The molecule has 5 aromatic rings. The van der Waals surface area contributed by atoms with Gasteiger partial charge in [-0.05, 0) is 54.6 Å². The van der Waals surface area contributed by atoms with E-state index in [1.807, 2.05) is 6.07 Å². The van der Waals surface area contributed by atoms with Crippen LogP contribution in [0, 0.1) is 0 Å². The number of aromatic hydroxyl groups is 2. The third-order valence-electron chi connectivity index (χ3n) is 4.13. The Morgan fingerprint density at radius 3 is 1.42 bits per heavy atom. The Balaban J connectivity index is 1.60. The lowest BCUT2D eigenvalue weighted by atomic mass is 10.2. The summed E-state index contributed by atoms with van der Waals surface area (Å²) in [5, 5.41) is 18.8. The van der Waals surface area contributed by atoms with E-state index in [1.54, 1.807) is 54.6 Å². The molecule has 0 fully saturated rings. The van der Waals surface area contributed by atoms with Crippen LogP contribution in [0.5, 0.6) is 11.5 Å². The van der Waals surface area contributed by atoms with E-state index in [1.165, 1.54) is 0 Å². The highest BCUT2D eigenvalue weighted by molar-refractivity contribution is 5.91. The molecule has 6 nitrogen and oxygen atoms in total. The predicted molar refractivity (Wildman–Crippen MR) is 95.8 cm³/mol. The molecule has 0 bridgehead atoms. The Kier molecular flexibility index (Phi) is 2.99. The first-order chi connectivity index (χ1) is 12.7. The molecule has 0 aliphatic heterocycles. The number of aromatic nitrogens is 2. The lowest BCUT2D eigenvalue weighted by molar-refractivity contribution is 0.474. The molecule has 2 N–H and O–H groups in total. The Morgan fingerprint density at radius 1 is 0.577 bits per heavy atom. The molecule has 0 atom stereocenters. The van der Waals surface area contributed by atoms with E-state index in [2.05, 4.69) is 9.97 Å². The van der Waals surface area contributed by atoms with Crippen molar-refractivity contribution in [2.45, 2.75) is 0 Å².